The third kappa shape index (κ3) is 3.63. The SMILES string of the molecule is CN(C)[C@H](C(=O)N1CCN([C@@H]2CCC[C@@H]2O)CC1)c1ccccc1. The average molecular weight is 331 g/mol. The lowest BCUT2D eigenvalue weighted by atomic mass is 10.0. The van der Waals surface area contributed by atoms with Crippen LogP contribution in [-0.4, -0.2) is 78.1 Å². The molecule has 3 atom stereocenters. The number of rotatable bonds is 4. The van der Waals surface area contributed by atoms with Gasteiger partial charge >= 0.3 is 0 Å². The molecule has 1 saturated carbocycles. The summed E-state index contributed by atoms with van der Waals surface area (Å²) in [5.41, 5.74) is 1.04. The number of carbonyl (C=O) groups is 1. The second-order valence-electron chi connectivity index (χ2n) is 7.20. The summed E-state index contributed by atoms with van der Waals surface area (Å²) < 4.78 is 0. The molecular weight excluding hydrogens is 302 g/mol. The highest BCUT2D eigenvalue weighted by atomic mass is 16.3. The van der Waals surface area contributed by atoms with Crippen molar-refractivity contribution in [1.29, 1.82) is 0 Å². The van der Waals surface area contributed by atoms with Crippen molar-refractivity contribution in [2.75, 3.05) is 40.3 Å². The highest BCUT2D eigenvalue weighted by molar-refractivity contribution is 5.83. The standard InChI is InChI=1S/C19H29N3O2/c1-20(2)18(15-7-4-3-5-8-15)19(24)22-13-11-21(12-14-22)16-9-6-10-17(16)23/h3-5,7-8,16-18,23H,6,9-14H2,1-2H3/t16-,17+,18+/m1/s1. The monoisotopic (exact) mass is 331 g/mol. The molecule has 1 aliphatic carbocycles. The Morgan fingerprint density at radius 2 is 1.79 bits per heavy atom. The Morgan fingerprint density at radius 3 is 2.33 bits per heavy atom. The van der Waals surface area contributed by atoms with Gasteiger partial charge in [-0.25, -0.2) is 0 Å². The smallest absolute Gasteiger partial charge is 0.244 e. The zero-order valence-electron chi connectivity index (χ0n) is 14.8. The highest BCUT2D eigenvalue weighted by Gasteiger charge is 2.35. The molecule has 2 aliphatic rings. The number of nitrogens with zero attached hydrogens (tertiary/aromatic N) is 3. The first-order valence-electron chi connectivity index (χ1n) is 9.00. The van der Waals surface area contributed by atoms with E-state index in [1.807, 2.05) is 54.2 Å². The molecule has 0 unspecified atom stereocenters. The summed E-state index contributed by atoms with van der Waals surface area (Å²) in [6.07, 6.45) is 2.92. The summed E-state index contributed by atoms with van der Waals surface area (Å²) in [6.45, 7) is 3.23. The number of hydrogen-bond acceptors (Lipinski definition) is 4. The Balaban J connectivity index is 1.63. The van der Waals surface area contributed by atoms with Gasteiger partial charge in [0.1, 0.15) is 6.04 Å². The van der Waals surface area contributed by atoms with Crippen LogP contribution in [0.15, 0.2) is 30.3 Å². The lowest BCUT2D eigenvalue weighted by molar-refractivity contribution is -0.138. The summed E-state index contributed by atoms with van der Waals surface area (Å²) in [7, 11) is 3.92. The zero-order valence-corrected chi connectivity index (χ0v) is 14.8. The molecule has 132 valence electrons. The van der Waals surface area contributed by atoms with Crippen molar-refractivity contribution in [2.45, 2.75) is 37.5 Å². The third-order valence-corrected chi connectivity index (χ3v) is 5.40. The van der Waals surface area contributed by atoms with Crippen LogP contribution in [0.5, 0.6) is 0 Å². The molecule has 1 N–H and O–H groups in total. The number of likely N-dealkylation sites (N-methyl/N-ethyl adjacent to an activating group) is 1. The quantitative estimate of drug-likeness (QED) is 0.905. The van der Waals surface area contributed by atoms with Crippen LogP contribution in [-0.2, 0) is 4.79 Å². The maximum atomic E-state index is 13.0. The molecule has 0 aromatic heterocycles. The molecule has 5 nitrogen and oxygen atoms in total. The Bertz CT molecular complexity index is 541. The fourth-order valence-corrected chi connectivity index (χ4v) is 4.09. The first-order valence-corrected chi connectivity index (χ1v) is 9.00. The molecule has 0 radical (unpaired) electrons. The average Bonchev–Trinajstić information content (AvgIpc) is 3.02. The minimum Gasteiger partial charge on any atom is -0.391 e. The molecule has 1 saturated heterocycles. The van der Waals surface area contributed by atoms with Gasteiger partial charge in [0.15, 0.2) is 0 Å². The molecule has 24 heavy (non-hydrogen) atoms. The maximum absolute atomic E-state index is 13.0. The van der Waals surface area contributed by atoms with E-state index in [0.717, 1.165) is 51.0 Å². The van der Waals surface area contributed by atoms with Crippen LogP contribution < -0.4 is 0 Å². The number of carbonyl (C=O) groups excluding carboxylic acids is 1. The van der Waals surface area contributed by atoms with Gasteiger partial charge in [-0.05, 0) is 38.9 Å². The molecule has 5 heteroatoms. The number of piperazine rings is 1. The van der Waals surface area contributed by atoms with Crippen molar-refractivity contribution in [3.8, 4) is 0 Å². The summed E-state index contributed by atoms with van der Waals surface area (Å²) in [5, 5.41) is 10.1. The fourth-order valence-electron chi connectivity index (χ4n) is 4.09. The molecule has 1 amide bonds. The van der Waals surface area contributed by atoms with E-state index in [1.54, 1.807) is 0 Å². The molecular formula is C19H29N3O2. The lowest BCUT2D eigenvalue weighted by Crippen LogP contribution is -2.55. The van der Waals surface area contributed by atoms with Gasteiger partial charge in [0, 0.05) is 32.2 Å². The molecule has 1 aliphatic heterocycles. The fraction of sp³-hybridized carbons (Fsp3) is 0.632. The van der Waals surface area contributed by atoms with E-state index < -0.39 is 0 Å². The van der Waals surface area contributed by atoms with Crippen LogP contribution in [0, 0.1) is 0 Å². The summed E-state index contributed by atoms with van der Waals surface area (Å²) in [6, 6.07) is 10.1. The minimum atomic E-state index is -0.227. The summed E-state index contributed by atoms with van der Waals surface area (Å²) >= 11 is 0. The van der Waals surface area contributed by atoms with Crippen molar-refractivity contribution in [3.63, 3.8) is 0 Å². The van der Waals surface area contributed by atoms with Crippen LogP contribution in [0.1, 0.15) is 30.9 Å². The molecule has 1 heterocycles. The van der Waals surface area contributed by atoms with Gasteiger partial charge in [0.05, 0.1) is 6.10 Å². The Morgan fingerprint density at radius 1 is 1.12 bits per heavy atom. The van der Waals surface area contributed by atoms with Crippen LogP contribution in [0.25, 0.3) is 0 Å². The van der Waals surface area contributed by atoms with Gasteiger partial charge < -0.3 is 10.0 Å². The van der Waals surface area contributed by atoms with Crippen LogP contribution in [0.4, 0.5) is 0 Å². The number of hydrogen-bond donors (Lipinski definition) is 1. The van der Waals surface area contributed by atoms with Gasteiger partial charge in [0.2, 0.25) is 5.91 Å². The summed E-state index contributed by atoms with van der Waals surface area (Å²) in [4.78, 5) is 19.4. The number of aliphatic hydroxyl groups excluding tert-OH is 1. The van der Waals surface area contributed by atoms with E-state index in [1.165, 1.54) is 0 Å². The van der Waals surface area contributed by atoms with Gasteiger partial charge in [-0.15, -0.1) is 0 Å². The molecule has 1 aromatic carbocycles. The molecule has 0 bridgehead atoms. The number of amides is 1. The zero-order chi connectivity index (χ0) is 17.1. The van der Waals surface area contributed by atoms with E-state index in [4.69, 9.17) is 0 Å². The van der Waals surface area contributed by atoms with E-state index in [9.17, 15) is 9.90 Å². The second kappa shape index (κ2) is 7.64. The topological polar surface area (TPSA) is 47.0 Å². The molecule has 1 aromatic rings. The van der Waals surface area contributed by atoms with Crippen molar-refractivity contribution < 1.29 is 9.90 Å². The van der Waals surface area contributed by atoms with E-state index in [-0.39, 0.29) is 18.1 Å². The van der Waals surface area contributed by atoms with E-state index in [0.29, 0.717) is 6.04 Å². The summed E-state index contributed by atoms with van der Waals surface area (Å²) in [5.74, 6) is 0.179. The van der Waals surface area contributed by atoms with Crippen molar-refractivity contribution in [2.24, 2.45) is 0 Å². The minimum absolute atomic E-state index is 0.179. The highest BCUT2D eigenvalue weighted by Crippen LogP contribution is 2.26. The van der Waals surface area contributed by atoms with E-state index in [2.05, 4.69) is 4.90 Å². The molecule has 3 rings (SSSR count). The first kappa shape index (κ1) is 17.4. The Hall–Kier alpha value is -1.43. The van der Waals surface area contributed by atoms with Crippen molar-refractivity contribution >= 4 is 5.91 Å². The Kier molecular flexibility index (Phi) is 5.54. The van der Waals surface area contributed by atoms with Gasteiger partial charge in [-0.1, -0.05) is 30.3 Å². The maximum Gasteiger partial charge on any atom is 0.244 e. The number of benzene rings is 1. The van der Waals surface area contributed by atoms with Crippen LogP contribution >= 0.6 is 0 Å². The Labute approximate surface area is 144 Å². The van der Waals surface area contributed by atoms with Crippen molar-refractivity contribution in [3.05, 3.63) is 35.9 Å². The van der Waals surface area contributed by atoms with Gasteiger partial charge in [0.25, 0.3) is 0 Å². The van der Waals surface area contributed by atoms with Crippen molar-refractivity contribution in [1.82, 2.24) is 14.7 Å². The van der Waals surface area contributed by atoms with E-state index >= 15 is 0 Å². The normalized spacial score (nSPS) is 26.8. The lowest BCUT2D eigenvalue weighted by Gasteiger charge is -2.40. The number of aliphatic hydroxyl groups is 1. The van der Waals surface area contributed by atoms with Crippen LogP contribution in [0.3, 0.4) is 0 Å². The first-order chi connectivity index (χ1) is 11.6. The largest absolute Gasteiger partial charge is 0.391 e. The predicted octanol–water partition coefficient (Wildman–Crippen LogP) is 1.35. The van der Waals surface area contributed by atoms with Gasteiger partial charge in [-0.3, -0.25) is 14.6 Å². The third-order valence-electron chi connectivity index (χ3n) is 5.40. The molecule has 0 spiro atoms. The predicted molar refractivity (Wildman–Crippen MR) is 94.7 cm³/mol. The second-order valence-corrected chi connectivity index (χ2v) is 7.20. The molecule has 2 fully saturated rings. The van der Waals surface area contributed by atoms with Gasteiger partial charge in [-0.2, -0.15) is 0 Å². The van der Waals surface area contributed by atoms with Crippen LogP contribution in [0.2, 0.25) is 0 Å².